The maximum atomic E-state index is 13.2. The summed E-state index contributed by atoms with van der Waals surface area (Å²) in [5.74, 6) is -0.847. The zero-order valence-electron chi connectivity index (χ0n) is 21.9. The summed E-state index contributed by atoms with van der Waals surface area (Å²) in [7, 11) is -2.53. The van der Waals surface area contributed by atoms with Crippen molar-refractivity contribution in [3.05, 3.63) is 53.7 Å². The van der Waals surface area contributed by atoms with Crippen LogP contribution in [0.1, 0.15) is 49.7 Å². The van der Waals surface area contributed by atoms with Gasteiger partial charge in [-0.3, -0.25) is 4.79 Å². The number of carbonyl (C=O) groups is 2. The molecule has 0 atom stereocenters. The number of carbonyl (C=O) groups excluding carboxylic acids is 1. The molecule has 0 saturated carbocycles. The number of hydrogen-bond donors (Lipinski definition) is 3. The first-order chi connectivity index (χ1) is 18.0. The highest BCUT2D eigenvalue weighted by molar-refractivity contribution is 7.89. The van der Waals surface area contributed by atoms with Crippen LogP contribution in [0.15, 0.2) is 47.4 Å². The number of methoxy groups -OCH3 is 1. The van der Waals surface area contributed by atoms with Gasteiger partial charge in [0.05, 0.1) is 12.8 Å². The van der Waals surface area contributed by atoms with Gasteiger partial charge in [-0.1, -0.05) is 20.8 Å². The first-order valence-electron chi connectivity index (χ1n) is 12.1. The molecule has 1 amide bonds. The summed E-state index contributed by atoms with van der Waals surface area (Å²) in [4.78, 5) is 23.9. The average molecular weight is 545 g/mol. The Morgan fingerprint density at radius 2 is 1.82 bits per heavy atom. The molecule has 204 valence electrons. The lowest BCUT2D eigenvalue weighted by atomic mass is 10.1. The van der Waals surface area contributed by atoms with Gasteiger partial charge >= 0.3 is 5.97 Å². The summed E-state index contributed by atoms with van der Waals surface area (Å²) in [5.41, 5.74) is 0.711. The maximum Gasteiger partial charge on any atom is 0.356 e. The molecule has 0 bridgehead atoms. The number of rotatable bonds is 12. The van der Waals surface area contributed by atoms with E-state index >= 15 is 0 Å². The molecule has 12 heteroatoms. The van der Waals surface area contributed by atoms with Crippen molar-refractivity contribution in [2.75, 3.05) is 19.0 Å². The normalized spacial score (nSPS) is 11.4. The highest BCUT2D eigenvalue weighted by Crippen LogP contribution is 2.35. The summed E-state index contributed by atoms with van der Waals surface area (Å²) < 4.78 is 41.5. The number of ether oxygens (including phenoxy) is 2. The average Bonchev–Trinajstić information content (AvgIpc) is 3.19. The second-order valence-electron chi connectivity index (χ2n) is 9.00. The number of anilines is 1. The lowest BCUT2D eigenvalue weighted by Crippen LogP contribution is -2.25. The van der Waals surface area contributed by atoms with Crippen LogP contribution in [0.25, 0.3) is 5.69 Å². The van der Waals surface area contributed by atoms with Crippen LogP contribution < -0.4 is 19.5 Å². The van der Waals surface area contributed by atoms with Gasteiger partial charge in [-0.25, -0.2) is 17.9 Å². The number of benzene rings is 2. The molecule has 0 aliphatic carbocycles. The van der Waals surface area contributed by atoms with E-state index in [2.05, 4.69) is 15.1 Å². The molecule has 0 saturated heterocycles. The minimum absolute atomic E-state index is 0.0242. The van der Waals surface area contributed by atoms with E-state index in [0.717, 1.165) is 0 Å². The van der Waals surface area contributed by atoms with Crippen molar-refractivity contribution in [1.29, 1.82) is 0 Å². The number of hydrogen-bond acceptors (Lipinski definition) is 7. The molecule has 0 aliphatic rings. The summed E-state index contributed by atoms with van der Waals surface area (Å²) in [6, 6.07) is 10.9. The maximum absolute atomic E-state index is 13.2. The Bertz CT molecular complexity index is 1410. The van der Waals surface area contributed by atoms with Crippen LogP contribution in [0.4, 0.5) is 5.69 Å². The monoisotopic (exact) mass is 544 g/mol. The van der Waals surface area contributed by atoms with Crippen LogP contribution in [-0.2, 0) is 14.8 Å². The third-order valence-corrected chi connectivity index (χ3v) is 6.93. The lowest BCUT2D eigenvalue weighted by Gasteiger charge is -2.16. The number of amides is 1. The van der Waals surface area contributed by atoms with E-state index in [4.69, 9.17) is 9.47 Å². The molecule has 11 nitrogen and oxygen atoms in total. The molecule has 0 aliphatic heterocycles. The van der Waals surface area contributed by atoms with Crippen molar-refractivity contribution >= 4 is 27.6 Å². The fraction of sp³-hybridized carbons (Fsp3) is 0.346. The molecule has 3 rings (SSSR count). The molecule has 0 radical (unpaired) electrons. The van der Waals surface area contributed by atoms with Crippen LogP contribution >= 0.6 is 0 Å². The van der Waals surface area contributed by atoms with Crippen molar-refractivity contribution in [1.82, 2.24) is 14.5 Å². The summed E-state index contributed by atoms with van der Waals surface area (Å²) in [6.07, 6.45) is 0.832. The van der Waals surface area contributed by atoms with Crippen LogP contribution in [0.2, 0.25) is 0 Å². The van der Waals surface area contributed by atoms with Crippen LogP contribution in [-0.4, -0.2) is 48.8 Å². The van der Waals surface area contributed by atoms with Crippen molar-refractivity contribution in [2.24, 2.45) is 5.92 Å². The Morgan fingerprint density at radius 3 is 2.39 bits per heavy atom. The molecule has 3 N–H and O–H groups in total. The van der Waals surface area contributed by atoms with E-state index < -0.39 is 16.0 Å². The first kappa shape index (κ1) is 28.7. The lowest BCUT2D eigenvalue weighted by molar-refractivity contribution is -0.116. The number of nitrogens with one attached hydrogen (secondary N) is 2. The van der Waals surface area contributed by atoms with Crippen molar-refractivity contribution in [3.63, 3.8) is 0 Å². The number of aromatic carboxylic acids is 1. The molecule has 1 heterocycles. The number of carboxylic acid groups (broad SMARTS) is 1. The molecule has 2 aromatic carbocycles. The summed E-state index contributed by atoms with van der Waals surface area (Å²) in [5, 5.41) is 16.6. The van der Waals surface area contributed by atoms with Crippen molar-refractivity contribution in [3.8, 4) is 23.1 Å². The molecular weight excluding hydrogens is 512 g/mol. The minimum atomic E-state index is -4.05. The van der Waals surface area contributed by atoms with Crippen molar-refractivity contribution in [2.45, 2.75) is 45.4 Å². The van der Waals surface area contributed by atoms with Gasteiger partial charge in [0.25, 0.3) is 0 Å². The fourth-order valence-electron chi connectivity index (χ4n) is 3.58. The van der Waals surface area contributed by atoms with E-state index in [-0.39, 0.29) is 58.3 Å². The second kappa shape index (κ2) is 12.1. The number of nitrogens with zero attached hydrogens (tertiary/aromatic N) is 2. The summed E-state index contributed by atoms with van der Waals surface area (Å²) >= 11 is 0. The Morgan fingerprint density at radius 1 is 1.13 bits per heavy atom. The van der Waals surface area contributed by atoms with Gasteiger partial charge in [-0.15, -0.1) is 0 Å². The number of aromatic nitrogens is 2. The summed E-state index contributed by atoms with van der Waals surface area (Å²) in [6.45, 7) is 7.35. The van der Waals surface area contributed by atoms with E-state index in [1.807, 2.05) is 20.8 Å². The predicted octanol–water partition coefficient (Wildman–Crippen LogP) is 4.35. The second-order valence-corrected chi connectivity index (χ2v) is 10.7. The quantitative estimate of drug-likeness (QED) is 0.305. The highest BCUT2D eigenvalue weighted by Gasteiger charge is 2.26. The van der Waals surface area contributed by atoms with Gasteiger partial charge in [-0.2, -0.15) is 9.78 Å². The van der Waals surface area contributed by atoms with Gasteiger partial charge in [0.2, 0.25) is 21.8 Å². The smallest absolute Gasteiger partial charge is 0.356 e. The van der Waals surface area contributed by atoms with E-state index in [1.165, 1.54) is 36.9 Å². The largest absolute Gasteiger partial charge is 0.497 e. The Balaban J connectivity index is 2.12. The Hall–Kier alpha value is -3.90. The molecule has 0 spiro atoms. The first-order valence-corrected chi connectivity index (χ1v) is 13.5. The molecule has 0 fully saturated rings. The van der Waals surface area contributed by atoms with Crippen molar-refractivity contribution < 1.29 is 32.6 Å². The van der Waals surface area contributed by atoms with Gasteiger partial charge < -0.3 is 19.9 Å². The third-order valence-electron chi connectivity index (χ3n) is 5.45. The fourth-order valence-corrected chi connectivity index (χ4v) is 4.87. The SMILES string of the molecule is CCCNS(=O)(=O)c1cc(NC(=O)CC(C)C)ccc1Oc1c(C)c(C(=O)O)nn1-c1ccc(OC)cc1. The van der Waals surface area contributed by atoms with Gasteiger partial charge in [0.1, 0.15) is 16.4 Å². The topological polar surface area (TPSA) is 149 Å². The minimum Gasteiger partial charge on any atom is -0.497 e. The van der Waals surface area contributed by atoms with Gasteiger partial charge in [0.15, 0.2) is 5.69 Å². The molecule has 1 aromatic heterocycles. The van der Waals surface area contributed by atoms with E-state index in [9.17, 15) is 23.1 Å². The van der Waals surface area contributed by atoms with Crippen LogP contribution in [0, 0.1) is 12.8 Å². The molecule has 3 aromatic rings. The predicted molar refractivity (Wildman–Crippen MR) is 142 cm³/mol. The Labute approximate surface area is 221 Å². The molecule has 38 heavy (non-hydrogen) atoms. The molecular formula is C26H32N4O7S. The van der Waals surface area contributed by atoms with E-state index in [0.29, 0.717) is 17.9 Å². The standard InChI is InChI=1S/C26H32N4O7S/c1-6-13-27-38(34,35)22-15-18(28-23(31)14-16(2)3)7-12-21(22)37-25-17(4)24(26(32)33)29-30(25)19-8-10-20(36-5)11-9-19/h7-12,15-16,27H,6,13-14H2,1-5H3,(H,28,31)(H,32,33). The number of carboxylic acids is 1. The van der Waals surface area contributed by atoms with Gasteiger partial charge in [-0.05, 0) is 61.7 Å². The highest BCUT2D eigenvalue weighted by atomic mass is 32.2. The Kier molecular flexibility index (Phi) is 9.13. The molecule has 0 unspecified atom stereocenters. The third kappa shape index (κ3) is 6.69. The van der Waals surface area contributed by atoms with Crippen LogP contribution in [0.5, 0.6) is 17.4 Å². The number of sulfonamides is 1. The zero-order chi connectivity index (χ0) is 28.0. The van der Waals surface area contributed by atoms with Gasteiger partial charge in [0, 0.05) is 24.2 Å². The van der Waals surface area contributed by atoms with E-state index in [1.54, 1.807) is 24.3 Å². The van der Waals surface area contributed by atoms with Crippen LogP contribution in [0.3, 0.4) is 0 Å². The zero-order valence-corrected chi connectivity index (χ0v) is 22.8.